The maximum absolute atomic E-state index is 7.44. The first-order valence-electron chi connectivity index (χ1n) is 8.91. The first-order chi connectivity index (χ1) is 12.7. The molecule has 6 heteroatoms. The highest BCUT2D eigenvalue weighted by molar-refractivity contribution is 5.51. The number of hydrogen-bond acceptors (Lipinski definition) is 6. The van der Waals surface area contributed by atoms with Gasteiger partial charge in [0.05, 0.1) is 25.9 Å². The summed E-state index contributed by atoms with van der Waals surface area (Å²) in [5.41, 5.74) is 1.15. The molecule has 26 heavy (non-hydrogen) atoms. The van der Waals surface area contributed by atoms with Gasteiger partial charge in [-0.25, -0.2) is 0 Å². The minimum Gasteiger partial charge on any atom is -0.411 e. The summed E-state index contributed by atoms with van der Waals surface area (Å²) in [4.78, 5) is 0. The van der Waals surface area contributed by atoms with E-state index in [0.717, 1.165) is 12.0 Å². The molecule has 0 aromatic heterocycles. The van der Waals surface area contributed by atoms with Crippen LogP contribution >= 0.6 is 0 Å². The quantitative estimate of drug-likeness (QED) is 0.187. The largest absolute Gasteiger partial charge is 0.411 e. The molecule has 0 unspecified atom stereocenters. The van der Waals surface area contributed by atoms with Crippen molar-refractivity contribution in [2.75, 3.05) is 26.4 Å². The van der Waals surface area contributed by atoms with Gasteiger partial charge in [0.15, 0.2) is 6.29 Å². The van der Waals surface area contributed by atoms with Crippen LogP contribution in [0.15, 0.2) is 48.1 Å². The van der Waals surface area contributed by atoms with Crippen molar-refractivity contribution in [2.24, 2.45) is 5.16 Å². The summed E-state index contributed by atoms with van der Waals surface area (Å²) < 4.78 is 22.5. The second kappa shape index (κ2) is 18.1. The fourth-order valence-corrected chi connectivity index (χ4v) is 1.98. The lowest BCUT2D eigenvalue weighted by atomic mass is 10.2. The van der Waals surface area contributed by atoms with Crippen LogP contribution in [0.25, 0.3) is 0 Å². The van der Waals surface area contributed by atoms with Gasteiger partial charge in [0.25, 0.3) is 0 Å². The van der Waals surface area contributed by atoms with Crippen molar-refractivity contribution < 1.29 is 24.2 Å². The molecule has 1 N–H and O–H groups in total. The third-order valence-electron chi connectivity index (χ3n) is 3.13. The Morgan fingerprint density at radius 2 is 1.69 bits per heavy atom. The summed E-state index contributed by atoms with van der Waals surface area (Å²) in [7, 11) is 0. The van der Waals surface area contributed by atoms with E-state index in [1.165, 1.54) is 6.21 Å². The van der Waals surface area contributed by atoms with Crippen LogP contribution in [0.4, 0.5) is 0 Å². The van der Waals surface area contributed by atoms with Crippen molar-refractivity contribution >= 4 is 6.21 Å². The zero-order valence-corrected chi connectivity index (χ0v) is 16.2. The van der Waals surface area contributed by atoms with E-state index in [9.17, 15) is 0 Å². The van der Waals surface area contributed by atoms with E-state index in [-0.39, 0.29) is 12.4 Å². The summed E-state index contributed by atoms with van der Waals surface area (Å²) in [5, 5.41) is 10.1. The molecule has 1 aromatic rings. The predicted molar refractivity (Wildman–Crippen MR) is 104 cm³/mol. The van der Waals surface area contributed by atoms with Gasteiger partial charge in [0.2, 0.25) is 0 Å². The predicted octanol–water partition coefficient (Wildman–Crippen LogP) is 4.03. The highest BCUT2D eigenvalue weighted by atomic mass is 16.7. The molecule has 0 saturated heterocycles. The molecule has 0 amide bonds. The van der Waals surface area contributed by atoms with Crippen molar-refractivity contribution in [3.8, 4) is 0 Å². The van der Waals surface area contributed by atoms with E-state index in [0.29, 0.717) is 33.0 Å². The smallest absolute Gasteiger partial charge is 0.180 e. The van der Waals surface area contributed by atoms with E-state index in [4.69, 9.17) is 24.2 Å². The molecule has 0 radical (unpaired) electrons. The summed E-state index contributed by atoms with van der Waals surface area (Å²) in [6, 6.07) is 10.1. The zero-order chi connectivity index (χ0) is 19.5. The van der Waals surface area contributed by atoms with E-state index >= 15 is 0 Å². The average molecular weight is 367 g/mol. The summed E-state index contributed by atoms with van der Waals surface area (Å²) in [6.45, 7) is 12.0. The molecule has 0 heterocycles. The fourth-order valence-electron chi connectivity index (χ4n) is 1.98. The molecule has 6 nitrogen and oxygen atoms in total. The van der Waals surface area contributed by atoms with Crippen molar-refractivity contribution in [1.82, 2.24) is 0 Å². The van der Waals surface area contributed by atoms with Crippen molar-refractivity contribution in [2.45, 2.75) is 46.2 Å². The van der Waals surface area contributed by atoms with Crippen LogP contribution in [0.2, 0.25) is 0 Å². The molecule has 148 valence electrons. The second-order valence-electron chi connectivity index (χ2n) is 5.19. The molecule has 0 bridgehead atoms. The summed E-state index contributed by atoms with van der Waals surface area (Å²) in [6.07, 6.45) is 3.52. The summed E-state index contributed by atoms with van der Waals surface area (Å²) >= 11 is 0. The molecule has 1 rings (SSSR count). The Labute approximate surface area is 157 Å². The Bertz CT molecular complexity index is 443. The molecule has 0 aliphatic carbocycles. The molecule has 0 fully saturated rings. The van der Waals surface area contributed by atoms with Crippen LogP contribution in [0.1, 0.15) is 32.8 Å². The normalized spacial score (nSPS) is 12.0. The number of rotatable bonds is 13. The zero-order valence-electron chi connectivity index (χ0n) is 16.2. The SMILES string of the molecule is C=CC[C@H](COCc1ccccc1)OCC(OCC)OCC.CC=NO. The second-order valence-corrected chi connectivity index (χ2v) is 5.19. The molecular formula is C20H33NO5. The average Bonchev–Trinajstić information content (AvgIpc) is 2.67. The Morgan fingerprint density at radius 3 is 2.19 bits per heavy atom. The van der Waals surface area contributed by atoms with Crippen LogP contribution in [-0.2, 0) is 25.6 Å². The molecule has 0 aliphatic heterocycles. The maximum Gasteiger partial charge on any atom is 0.180 e. The molecule has 0 saturated carbocycles. The third-order valence-corrected chi connectivity index (χ3v) is 3.13. The Kier molecular flexibility index (Phi) is 16.9. The minimum atomic E-state index is -0.323. The fraction of sp³-hybridized carbons (Fsp3) is 0.550. The van der Waals surface area contributed by atoms with Gasteiger partial charge in [-0.05, 0) is 32.8 Å². The van der Waals surface area contributed by atoms with E-state index in [1.54, 1.807) is 6.92 Å². The van der Waals surface area contributed by atoms with Gasteiger partial charge in [-0.2, -0.15) is 0 Å². The number of nitrogens with zero attached hydrogens (tertiary/aromatic N) is 1. The number of oxime groups is 1. The van der Waals surface area contributed by atoms with Crippen LogP contribution in [-0.4, -0.2) is 50.2 Å². The standard InChI is InChI=1S/C18H28O4.C2H5NO/c1-4-10-17(22-15-18(20-5-2)21-6-3)14-19-13-16-11-8-7-9-12-16;1-2-3-4/h4,7-9,11-12,17-18H,1,5-6,10,13-15H2,2-3H3;2,4H,1H3/t17-;/m1./s1. The molecule has 1 aromatic carbocycles. The first-order valence-corrected chi connectivity index (χ1v) is 8.91. The van der Waals surface area contributed by atoms with E-state index in [2.05, 4.69) is 11.7 Å². The highest BCUT2D eigenvalue weighted by Crippen LogP contribution is 2.07. The lowest BCUT2D eigenvalue weighted by Crippen LogP contribution is -2.29. The molecule has 1 atom stereocenters. The van der Waals surface area contributed by atoms with Gasteiger partial charge in [-0.1, -0.05) is 36.4 Å². The molecule has 0 spiro atoms. The van der Waals surface area contributed by atoms with Crippen molar-refractivity contribution in [3.05, 3.63) is 48.6 Å². The van der Waals surface area contributed by atoms with Gasteiger partial charge in [-0.15, -0.1) is 11.7 Å². The lowest BCUT2D eigenvalue weighted by molar-refractivity contribution is -0.180. The summed E-state index contributed by atoms with van der Waals surface area (Å²) in [5.74, 6) is 0. The van der Waals surface area contributed by atoms with Gasteiger partial charge in [-0.3, -0.25) is 0 Å². The van der Waals surface area contributed by atoms with Crippen molar-refractivity contribution in [3.63, 3.8) is 0 Å². The van der Waals surface area contributed by atoms with E-state index in [1.807, 2.05) is 50.3 Å². The van der Waals surface area contributed by atoms with E-state index < -0.39 is 0 Å². The minimum absolute atomic E-state index is 0.0374. The van der Waals surface area contributed by atoms with Crippen LogP contribution in [0.3, 0.4) is 0 Å². The van der Waals surface area contributed by atoms with Crippen molar-refractivity contribution in [1.29, 1.82) is 0 Å². The number of hydrogen-bond donors (Lipinski definition) is 1. The highest BCUT2D eigenvalue weighted by Gasteiger charge is 2.13. The number of ether oxygens (including phenoxy) is 4. The lowest BCUT2D eigenvalue weighted by Gasteiger charge is -2.21. The van der Waals surface area contributed by atoms with Crippen LogP contribution < -0.4 is 0 Å². The topological polar surface area (TPSA) is 69.5 Å². The number of benzene rings is 1. The Balaban J connectivity index is 0.00000141. The Morgan fingerprint density at radius 1 is 1.08 bits per heavy atom. The van der Waals surface area contributed by atoms with Crippen LogP contribution in [0.5, 0.6) is 0 Å². The van der Waals surface area contributed by atoms with Gasteiger partial charge in [0.1, 0.15) is 0 Å². The van der Waals surface area contributed by atoms with Gasteiger partial charge in [0, 0.05) is 19.4 Å². The monoisotopic (exact) mass is 367 g/mol. The van der Waals surface area contributed by atoms with Crippen LogP contribution in [0, 0.1) is 0 Å². The maximum atomic E-state index is 7.44. The first kappa shape index (κ1) is 24.3. The molecular weight excluding hydrogens is 334 g/mol. The third kappa shape index (κ3) is 13.5. The van der Waals surface area contributed by atoms with Gasteiger partial charge < -0.3 is 24.2 Å². The van der Waals surface area contributed by atoms with Gasteiger partial charge >= 0.3 is 0 Å². The Hall–Kier alpha value is -1.73. The molecule has 0 aliphatic rings.